The maximum absolute atomic E-state index is 11.8. The van der Waals surface area contributed by atoms with Crippen LogP contribution in [0, 0.1) is 0 Å². The molecule has 74 valence electrons. The van der Waals surface area contributed by atoms with E-state index in [1.807, 2.05) is 24.3 Å². The van der Waals surface area contributed by atoms with Crippen LogP contribution in [0.1, 0.15) is 16.8 Å². The van der Waals surface area contributed by atoms with Crippen LogP contribution >= 0.6 is 15.9 Å². The third-order valence-corrected chi connectivity index (χ3v) is 2.73. The predicted molar refractivity (Wildman–Crippen MR) is 57.8 cm³/mol. The van der Waals surface area contributed by atoms with Crippen LogP contribution in [0.2, 0.25) is 0 Å². The van der Waals surface area contributed by atoms with E-state index in [1.165, 1.54) is 0 Å². The summed E-state index contributed by atoms with van der Waals surface area (Å²) in [7, 11) is 0. The number of nitrogens with zero attached hydrogens (tertiary/aromatic N) is 1. The van der Waals surface area contributed by atoms with E-state index < -0.39 is 0 Å². The molecule has 1 aromatic rings. The Kier molecular flexibility index (Phi) is 2.84. The van der Waals surface area contributed by atoms with Crippen LogP contribution in [-0.2, 0) is 0 Å². The largest absolute Gasteiger partial charge is 0.274 e. The fourth-order valence-electron chi connectivity index (χ4n) is 1.45. The predicted octanol–water partition coefficient (Wildman–Crippen LogP) is 1.80. The third kappa shape index (κ3) is 1.96. The molecule has 0 bridgehead atoms. The second-order valence-corrected chi connectivity index (χ2v) is 4.14. The Bertz CT molecular complexity index is 330. The number of amides is 1. The summed E-state index contributed by atoms with van der Waals surface area (Å²) in [4.78, 5) is 11.8. The van der Waals surface area contributed by atoms with Crippen LogP contribution in [-0.4, -0.2) is 24.0 Å². The number of hydrogen-bond donors (Lipinski definition) is 1. The molecule has 0 aromatic heterocycles. The van der Waals surface area contributed by atoms with E-state index in [-0.39, 0.29) is 5.91 Å². The molecule has 1 fully saturated rings. The minimum absolute atomic E-state index is 0.0509. The van der Waals surface area contributed by atoms with Gasteiger partial charge in [-0.1, -0.05) is 15.9 Å². The molecule has 0 aliphatic carbocycles. The number of nitrogens with one attached hydrogen (secondary N) is 1. The van der Waals surface area contributed by atoms with Crippen LogP contribution in [0.25, 0.3) is 0 Å². The van der Waals surface area contributed by atoms with Crippen LogP contribution in [0.5, 0.6) is 0 Å². The van der Waals surface area contributed by atoms with Gasteiger partial charge in [0.05, 0.1) is 0 Å². The smallest absolute Gasteiger partial charge is 0.267 e. The van der Waals surface area contributed by atoms with Gasteiger partial charge in [-0.3, -0.25) is 9.80 Å². The number of halogens is 1. The van der Waals surface area contributed by atoms with Crippen molar-refractivity contribution in [3.05, 3.63) is 34.3 Å². The van der Waals surface area contributed by atoms with E-state index >= 15 is 0 Å². The van der Waals surface area contributed by atoms with Gasteiger partial charge >= 0.3 is 0 Å². The van der Waals surface area contributed by atoms with Gasteiger partial charge in [0.25, 0.3) is 5.91 Å². The molecule has 14 heavy (non-hydrogen) atoms. The van der Waals surface area contributed by atoms with Gasteiger partial charge in [0, 0.05) is 23.1 Å². The molecule has 0 atom stereocenters. The normalized spacial score (nSPS) is 15.9. The van der Waals surface area contributed by atoms with Crippen molar-refractivity contribution in [2.45, 2.75) is 6.42 Å². The molecule has 1 aromatic carbocycles. The quantitative estimate of drug-likeness (QED) is 0.829. The van der Waals surface area contributed by atoms with Gasteiger partial charge in [-0.15, -0.1) is 0 Å². The first kappa shape index (κ1) is 9.68. The van der Waals surface area contributed by atoms with Gasteiger partial charge in [0.1, 0.15) is 0 Å². The number of hydrogen-bond acceptors (Lipinski definition) is 2. The van der Waals surface area contributed by atoms with Gasteiger partial charge in [0.15, 0.2) is 0 Å². The van der Waals surface area contributed by atoms with Crippen molar-refractivity contribution in [2.24, 2.45) is 0 Å². The maximum atomic E-state index is 11.8. The van der Waals surface area contributed by atoms with Gasteiger partial charge in [-0.05, 0) is 30.7 Å². The molecule has 3 nitrogen and oxygen atoms in total. The Morgan fingerprint density at radius 3 is 2.64 bits per heavy atom. The Labute approximate surface area is 91.2 Å². The van der Waals surface area contributed by atoms with Gasteiger partial charge in [-0.2, -0.15) is 0 Å². The highest BCUT2D eigenvalue weighted by Gasteiger charge is 2.18. The second-order valence-electron chi connectivity index (χ2n) is 3.23. The Hall–Kier alpha value is -0.870. The van der Waals surface area contributed by atoms with Crippen molar-refractivity contribution in [3.63, 3.8) is 0 Å². The van der Waals surface area contributed by atoms with Crippen molar-refractivity contribution in [1.29, 1.82) is 0 Å². The summed E-state index contributed by atoms with van der Waals surface area (Å²) >= 11 is 3.34. The second kappa shape index (κ2) is 4.11. The molecular weight excluding hydrogens is 244 g/mol. The highest BCUT2D eigenvalue weighted by atomic mass is 79.9. The topological polar surface area (TPSA) is 32.3 Å². The maximum Gasteiger partial charge on any atom is 0.267 e. The SMILES string of the molecule is O=C(c1ccc(Br)cc1)N1CCCN1. The van der Waals surface area contributed by atoms with E-state index in [0.29, 0.717) is 0 Å². The summed E-state index contributed by atoms with van der Waals surface area (Å²) in [6.07, 6.45) is 1.03. The van der Waals surface area contributed by atoms with E-state index in [1.54, 1.807) is 5.01 Å². The minimum atomic E-state index is 0.0509. The van der Waals surface area contributed by atoms with E-state index in [4.69, 9.17) is 0 Å². The first-order chi connectivity index (χ1) is 6.77. The molecule has 0 spiro atoms. The van der Waals surface area contributed by atoms with Crippen molar-refractivity contribution in [2.75, 3.05) is 13.1 Å². The molecule has 1 saturated heterocycles. The molecule has 1 heterocycles. The average molecular weight is 255 g/mol. The van der Waals surface area contributed by atoms with Crippen LogP contribution < -0.4 is 5.43 Å². The molecule has 1 amide bonds. The zero-order chi connectivity index (χ0) is 9.97. The molecule has 0 radical (unpaired) electrons. The van der Waals surface area contributed by atoms with Crippen LogP contribution in [0.3, 0.4) is 0 Å². The third-order valence-electron chi connectivity index (χ3n) is 2.20. The number of hydrazine groups is 1. The van der Waals surface area contributed by atoms with Crippen LogP contribution in [0.15, 0.2) is 28.7 Å². The monoisotopic (exact) mass is 254 g/mol. The highest BCUT2D eigenvalue weighted by Crippen LogP contribution is 2.12. The molecular formula is C10H11BrN2O. The number of rotatable bonds is 1. The van der Waals surface area contributed by atoms with E-state index in [9.17, 15) is 4.79 Å². The number of benzene rings is 1. The lowest BCUT2D eigenvalue weighted by Gasteiger charge is -2.15. The van der Waals surface area contributed by atoms with Crippen molar-refractivity contribution in [1.82, 2.24) is 10.4 Å². The molecule has 1 N–H and O–H groups in total. The Morgan fingerprint density at radius 2 is 2.07 bits per heavy atom. The lowest BCUT2D eigenvalue weighted by atomic mass is 10.2. The summed E-state index contributed by atoms with van der Waals surface area (Å²) in [5.74, 6) is 0.0509. The van der Waals surface area contributed by atoms with Crippen molar-refractivity contribution < 1.29 is 4.79 Å². The van der Waals surface area contributed by atoms with Gasteiger partial charge in [0.2, 0.25) is 0 Å². The van der Waals surface area contributed by atoms with Crippen LogP contribution in [0.4, 0.5) is 0 Å². The molecule has 2 rings (SSSR count). The van der Waals surface area contributed by atoms with Crippen molar-refractivity contribution >= 4 is 21.8 Å². The first-order valence-electron chi connectivity index (χ1n) is 4.58. The summed E-state index contributed by atoms with van der Waals surface area (Å²) in [6, 6.07) is 7.41. The molecule has 1 aliphatic rings. The minimum Gasteiger partial charge on any atom is -0.274 e. The highest BCUT2D eigenvalue weighted by molar-refractivity contribution is 9.10. The summed E-state index contributed by atoms with van der Waals surface area (Å²) in [5.41, 5.74) is 3.77. The average Bonchev–Trinajstić information content (AvgIpc) is 2.71. The molecule has 1 aliphatic heterocycles. The first-order valence-corrected chi connectivity index (χ1v) is 5.37. The standard InChI is InChI=1S/C10H11BrN2O/c11-9-4-2-8(3-5-9)10(14)13-7-1-6-12-13/h2-5,12H,1,6-7H2. The summed E-state index contributed by atoms with van der Waals surface area (Å²) in [5, 5.41) is 1.67. The van der Waals surface area contributed by atoms with E-state index in [0.717, 1.165) is 29.5 Å². The lowest BCUT2D eigenvalue weighted by molar-refractivity contribution is 0.0726. The fourth-order valence-corrected chi connectivity index (χ4v) is 1.72. The van der Waals surface area contributed by atoms with Gasteiger partial charge < -0.3 is 0 Å². The molecule has 0 unspecified atom stereocenters. The van der Waals surface area contributed by atoms with Crippen molar-refractivity contribution in [3.8, 4) is 0 Å². The Balaban J connectivity index is 2.14. The van der Waals surface area contributed by atoms with E-state index in [2.05, 4.69) is 21.4 Å². The zero-order valence-corrected chi connectivity index (χ0v) is 9.25. The molecule has 0 saturated carbocycles. The summed E-state index contributed by atoms with van der Waals surface area (Å²) in [6.45, 7) is 1.69. The summed E-state index contributed by atoms with van der Waals surface area (Å²) < 4.78 is 0.989. The number of carbonyl (C=O) groups excluding carboxylic acids is 1. The number of carbonyl (C=O) groups is 1. The van der Waals surface area contributed by atoms with Gasteiger partial charge in [-0.25, -0.2) is 5.43 Å². The molecule has 4 heteroatoms. The Morgan fingerprint density at radius 1 is 1.36 bits per heavy atom. The fraction of sp³-hybridized carbons (Fsp3) is 0.300. The lowest BCUT2D eigenvalue weighted by Crippen LogP contribution is -2.36. The zero-order valence-electron chi connectivity index (χ0n) is 7.66.